The lowest BCUT2D eigenvalue weighted by Gasteiger charge is -2.29. The van der Waals surface area contributed by atoms with Gasteiger partial charge in [-0.15, -0.1) is 0 Å². The van der Waals surface area contributed by atoms with E-state index in [0.29, 0.717) is 5.92 Å². The van der Waals surface area contributed by atoms with E-state index >= 15 is 0 Å². The molecule has 3 N–H and O–H groups in total. The third-order valence-electron chi connectivity index (χ3n) is 4.02. The van der Waals surface area contributed by atoms with Gasteiger partial charge in [-0.1, -0.05) is 0 Å². The van der Waals surface area contributed by atoms with Gasteiger partial charge in [0.25, 0.3) is 0 Å². The Bertz CT molecular complexity index is 428. The lowest BCUT2D eigenvalue weighted by molar-refractivity contribution is 0.318. The predicted molar refractivity (Wildman–Crippen MR) is 76.8 cm³/mol. The number of nitrogens with one attached hydrogen (secondary N) is 1. The number of piperidine rings is 1. The van der Waals surface area contributed by atoms with Crippen LogP contribution in [0.1, 0.15) is 30.0 Å². The molecule has 0 spiro atoms. The zero-order chi connectivity index (χ0) is 13.8. The van der Waals surface area contributed by atoms with E-state index in [4.69, 9.17) is 15.2 Å². The van der Waals surface area contributed by atoms with E-state index < -0.39 is 0 Å². The summed E-state index contributed by atoms with van der Waals surface area (Å²) in [5.41, 5.74) is 8.80. The lowest BCUT2D eigenvalue weighted by atomic mass is 9.85. The molecule has 1 atom stereocenters. The van der Waals surface area contributed by atoms with Crippen LogP contribution in [0.15, 0.2) is 12.1 Å². The van der Waals surface area contributed by atoms with Gasteiger partial charge < -0.3 is 20.5 Å². The Labute approximate surface area is 115 Å². The molecule has 1 aromatic rings. The van der Waals surface area contributed by atoms with E-state index in [1.54, 1.807) is 14.2 Å². The molecule has 1 aromatic carbocycles. The Morgan fingerprint density at radius 3 is 2.32 bits per heavy atom. The summed E-state index contributed by atoms with van der Waals surface area (Å²) in [5.74, 6) is 2.06. The van der Waals surface area contributed by atoms with Gasteiger partial charge in [0.15, 0.2) is 11.5 Å². The Morgan fingerprint density at radius 2 is 1.74 bits per heavy atom. The van der Waals surface area contributed by atoms with E-state index in [9.17, 15) is 0 Å². The van der Waals surface area contributed by atoms with Gasteiger partial charge in [-0.3, -0.25) is 0 Å². The van der Waals surface area contributed by atoms with E-state index in [1.165, 1.54) is 11.1 Å². The van der Waals surface area contributed by atoms with Gasteiger partial charge in [-0.25, -0.2) is 0 Å². The van der Waals surface area contributed by atoms with Gasteiger partial charge in [0.1, 0.15) is 0 Å². The summed E-state index contributed by atoms with van der Waals surface area (Å²) in [4.78, 5) is 0. The first-order chi connectivity index (χ1) is 9.17. The fourth-order valence-corrected chi connectivity index (χ4v) is 2.81. The molecule has 0 saturated carbocycles. The summed E-state index contributed by atoms with van der Waals surface area (Å²) in [6, 6.07) is 4.11. The molecule has 1 heterocycles. The standard InChI is InChI=1S/C15H24N2O2/c1-10-8-13(18-2)14(19-3)9-12(10)15(16)11-4-6-17-7-5-11/h8-9,11,15,17H,4-7,16H2,1-3H3. The summed E-state index contributed by atoms with van der Waals surface area (Å²) in [5, 5.41) is 3.38. The molecular formula is C15H24N2O2. The van der Waals surface area contributed by atoms with Crippen LogP contribution in [0.25, 0.3) is 0 Å². The van der Waals surface area contributed by atoms with Crippen molar-refractivity contribution in [1.82, 2.24) is 5.32 Å². The van der Waals surface area contributed by atoms with Gasteiger partial charge >= 0.3 is 0 Å². The number of hydrogen-bond acceptors (Lipinski definition) is 4. The zero-order valence-corrected chi connectivity index (χ0v) is 12.0. The van der Waals surface area contributed by atoms with Crippen LogP contribution in [0.3, 0.4) is 0 Å². The maximum atomic E-state index is 6.46. The maximum absolute atomic E-state index is 6.46. The molecule has 4 heteroatoms. The van der Waals surface area contributed by atoms with Gasteiger partial charge in [-0.2, -0.15) is 0 Å². The second-order valence-corrected chi connectivity index (χ2v) is 5.18. The summed E-state index contributed by atoms with van der Waals surface area (Å²) >= 11 is 0. The Hall–Kier alpha value is -1.26. The highest BCUT2D eigenvalue weighted by molar-refractivity contribution is 5.48. The monoisotopic (exact) mass is 264 g/mol. The smallest absolute Gasteiger partial charge is 0.161 e. The van der Waals surface area contributed by atoms with Crippen LogP contribution in [-0.4, -0.2) is 27.3 Å². The van der Waals surface area contributed by atoms with Crippen molar-refractivity contribution in [3.8, 4) is 11.5 Å². The highest BCUT2D eigenvalue weighted by Gasteiger charge is 2.24. The molecule has 0 aromatic heterocycles. The first kappa shape index (κ1) is 14.2. The van der Waals surface area contributed by atoms with Gasteiger partial charge in [0.05, 0.1) is 14.2 Å². The molecule has 1 aliphatic rings. The molecule has 0 radical (unpaired) electrons. The largest absolute Gasteiger partial charge is 0.493 e. The predicted octanol–water partition coefficient (Wildman–Crippen LogP) is 2.01. The molecule has 2 rings (SSSR count). The molecule has 0 amide bonds. The Balaban J connectivity index is 2.27. The zero-order valence-electron chi connectivity index (χ0n) is 12.0. The summed E-state index contributed by atoms with van der Waals surface area (Å²) in [6.45, 7) is 4.20. The van der Waals surface area contributed by atoms with Crippen LogP contribution >= 0.6 is 0 Å². The van der Waals surface area contributed by atoms with E-state index in [0.717, 1.165) is 37.4 Å². The average Bonchev–Trinajstić information content (AvgIpc) is 2.47. The molecule has 1 saturated heterocycles. The first-order valence-corrected chi connectivity index (χ1v) is 6.86. The highest BCUT2D eigenvalue weighted by atomic mass is 16.5. The van der Waals surface area contributed by atoms with Crippen LogP contribution in [-0.2, 0) is 0 Å². The van der Waals surface area contributed by atoms with Crippen molar-refractivity contribution in [1.29, 1.82) is 0 Å². The van der Waals surface area contributed by atoms with Crippen molar-refractivity contribution in [2.75, 3.05) is 27.3 Å². The molecule has 4 nitrogen and oxygen atoms in total. The molecule has 1 aliphatic heterocycles. The minimum absolute atomic E-state index is 0.0712. The third kappa shape index (κ3) is 3.01. The normalized spacial score (nSPS) is 18.1. The summed E-state index contributed by atoms with van der Waals surface area (Å²) < 4.78 is 10.7. The minimum atomic E-state index is 0.0712. The Kier molecular flexibility index (Phi) is 4.66. The maximum Gasteiger partial charge on any atom is 0.161 e. The van der Waals surface area contributed by atoms with Crippen molar-refractivity contribution >= 4 is 0 Å². The molecular weight excluding hydrogens is 240 g/mol. The van der Waals surface area contributed by atoms with Crippen LogP contribution in [0.5, 0.6) is 11.5 Å². The number of rotatable bonds is 4. The van der Waals surface area contributed by atoms with Crippen molar-refractivity contribution < 1.29 is 9.47 Å². The van der Waals surface area contributed by atoms with Crippen LogP contribution in [0.2, 0.25) is 0 Å². The van der Waals surface area contributed by atoms with E-state index in [2.05, 4.69) is 12.2 Å². The van der Waals surface area contributed by atoms with E-state index in [-0.39, 0.29) is 6.04 Å². The molecule has 1 unspecified atom stereocenters. The van der Waals surface area contributed by atoms with Crippen LogP contribution in [0.4, 0.5) is 0 Å². The number of nitrogens with two attached hydrogens (primary N) is 1. The number of methoxy groups -OCH3 is 2. The molecule has 0 bridgehead atoms. The SMILES string of the molecule is COc1cc(C)c(C(N)C2CCNCC2)cc1OC. The van der Waals surface area contributed by atoms with Gasteiger partial charge in [-0.05, 0) is 62.0 Å². The number of aryl methyl sites for hydroxylation is 1. The molecule has 106 valence electrons. The third-order valence-corrected chi connectivity index (χ3v) is 4.02. The second kappa shape index (κ2) is 6.26. The summed E-state index contributed by atoms with van der Waals surface area (Å²) in [6.07, 6.45) is 2.27. The number of ether oxygens (including phenoxy) is 2. The molecule has 1 fully saturated rings. The minimum Gasteiger partial charge on any atom is -0.493 e. The summed E-state index contributed by atoms with van der Waals surface area (Å²) in [7, 11) is 3.32. The second-order valence-electron chi connectivity index (χ2n) is 5.18. The number of hydrogen-bond donors (Lipinski definition) is 2. The van der Waals surface area contributed by atoms with Crippen molar-refractivity contribution in [3.63, 3.8) is 0 Å². The average molecular weight is 264 g/mol. The van der Waals surface area contributed by atoms with Gasteiger partial charge in [0, 0.05) is 6.04 Å². The molecule has 19 heavy (non-hydrogen) atoms. The van der Waals surface area contributed by atoms with Gasteiger partial charge in [0.2, 0.25) is 0 Å². The number of benzene rings is 1. The quantitative estimate of drug-likeness (QED) is 0.873. The van der Waals surface area contributed by atoms with Crippen molar-refractivity contribution in [2.45, 2.75) is 25.8 Å². The van der Waals surface area contributed by atoms with Crippen molar-refractivity contribution in [2.24, 2.45) is 11.7 Å². The van der Waals surface area contributed by atoms with Crippen LogP contribution < -0.4 is 20.5 Å². The lowest BCUT2D eigenvalue weighted by Crippen LogP contribution is -2.34. The van der Waals surface area contributed by atoms with Crippen LogP contribution in [0, 0.1) is 12.8 Å². The fourth-order valence-electron chi connectivity index (χ4n) is 2.81. The van der Waals surface area contributed by atoms with Crippen molar-refractivity contribution in [3.05, 3.63) is 23.3 Å². The fraction of sp³-hybridized carbons (Fsp3) is 0.600. The first-order valence-electron chi connectivity index (χ1n) is 6.86. The molecule has 0 aliphatic carbocycles. The van der Waals surface area contributed by atoms with E-state index in [1.807, 2.05) is 12.1 Å². The topological polar surface area (TPSA) is 56.5 Å². The Morgan fingerprint density at radius 1 is 1.16 bits per heavy atom. The highest BCUT2D eigenvalue weighted by Crippen LogP contribution is 2.36.